The van der Waals surface area contributed by atoms with E-state index in [1.165, 1.54) is 50.4 Å². The lowest BCUT2D eigenvalue weighted by atomic mass is 9.88. The van der Waals surface area contributed by atoms with Crippen LogP contribution in [0.5, 0.6) is 17.2 Å². The first-order chi connectivity index (χ1) is 14.3. The number of hydrogen-bond donors (Lipinski definition) is 3. The molecule has 0 saturated heterocycles. The predicted octanol–water partition coefficient (Wildman–Crippen LogP) is 3.67. The normalized spacial score (nSPS) is 11.7. The molecule has 0 radical (unpaired) electrons. The Labute approximate surface area is 171 Å². The number of methoxy groups -OCH3 is 1. The van der Waals surface area contributed by atoms with Crippen molar-refractivity contribution >= 4 is 11.6 Å². The highest BCUT2D eigenvalue weighted by Gasteiger charge is 2.26. The second-order valence-corrected chi connectivity index (χ2v) is 6.69. The lowest BCUT2D eigenvalue weighted by Gasteiger charge is -2.19. The van der Waals surface area contributed by atoms with E-state index in [0.29, 0.717) is 5.56 Å². The molecule has 8 heteroatoms. The fraction of sp³-hybridized carbons (Fsp3) is 0.182. The SMILES string of the molecule is COc1ccc([C@H](CC(=O)Nc2cccc(F)c2)c2c(O)cc(C)oc2=O)cc1O. The van der Waals surface area contributed by atoms with Crippen molar-refractivity contribution in [3.05, 3.63) is 81.7 Å². The van der Waals surface area contributed by atoms with Crippen LogP contribution in [0.4, 0.5) is 10.1 Å². The summed E-state index contributed by atoms with van der Waals surface area (Å²) in [7, 11) is 1.39. The molecule has 0 bridgehead atoms. The molecule has 156 valence electrons. The van der Waals surface area contributed by atoms with Crippen LogP contribution in [0.15, 0.2) is 57.7 Å². The molecule has 0 aliphatic rings. The molecule has 0 aliphatic carbocycles. The van der Waals surface area contributed by atoms with Gasteiger partial charge < -0.3 is 24.7 Å². The van der Waals surface area contributed by atoms with Crippen LogP contribution in [0.1, 0.15) is 29.2 Å². The number of phenols is 1. The molecule has 2 aromatic carbocycles. The first-order valence-corrected chi connectivity index (χ1v) is 9.04. The van der Waals surface area contributed by atoms with Crippen molar-refractivity contribution in [2.45, 2.75) is 19.3 Å². The summed E-state index contributed by atoms with van der Waals surface area (Å²) in [6.07, 6.45) is -0.274. The van der Waals surface area contributed by atoms with Gasteiger partial charge in [0.1, 0.15) is 17.3 Å². The minimum Gasteiger partial charge on any atom is -0.507 e. The average Bonchev–Trinajstić information content (AvgIpc) is 2.66. The highest BCUT2D eigenvalue weighted by Crippen LogP contribution is 2.36. The van der Waals surface area contributed by atoms with Crippen LogP contribution >= 0.6 is 0 Å². The first kappa shape index (κ1) is 20.9. The molecule has 1 amide bonds. The molecule has 7 nitrogen and oxygen atoms in total. The van der Waals surface area contributed by atoms with Crippen molar-refractivity contribution in [3.63, 3.8) is 0 Å². The first-order valence-electron chi connectivity index (χ1n) is 9.04. The molecule has 0 fully saturated rings. The fourth-order valence-corrected chi connectivity index (χ4v) is 3.20. The Kier molecular flexibility index (Phi) is 6.06. The van der Waals surface area contributed by atoms with Gasteiger partial charge in [0, 0.05) is 24.1 Å². The van der Waals surface area contributed by atoms with Crippen molar-refractivity contribution < 1.29 is 28.6 Å². The minimum atomic E-state index is -0.938. The number of ether oxygens (including phenoxy) is 1. The summed E-state index contributed by atoms with van der Waals surface area (Å²) in [5, 5.41) is 23.1. The Morgan fingerprint density at radius 3 is 2.57 bits per heavy atom. The van der Waals surface area contributed by atoms with Gasteiger partial charge in [-0.1, -0.05) is 12.1 Å². The molecule has 1 heterocycles. The van der Waals surface area contributed by atoms with Gasteiger partial charge >= 0.3 is 5.63 Å². The molecule has 3 N–H and O–H groups in total. The highest BCUT2D eigenvalue weighted by atomic mass is 19.1. The average molecular weight is 413 g/mol. The summed E-state index contributed by atoms with van der Waals surface area (Å²) in [6, 6.07) is 11.0. The highest BCUT2D eigenvalue weighted by molar-refractivity contribution is 5.91. The van der Waals surface area contributed by atoms with E-state index in [0.717, 1.165) is 6.07 Å². The molecule has 1 aromatic heterocycles. The van der Waals surface area contributed by atoms with E-state index < -0.39 is 23.3 Å². The molecule has 0 aliphatic heterocycles. The zero-order valence-corrected chi connectivity index (χ0v) is 16.3. The number of carbonyl (C=O) groups excluding carboxylic acids is 1. The lowest BCUT2D eigenvalue weighted by Crippen LogP contribution is -2.21. The molecule has 0 spiro atoms. The summed E-state index contributed by atoms with van der Waals surface area (Å²) in [6.45, 7) is 1.51. The minimum absolute atomic E-state index is 0.125. The predicted molar refractivity (Wildman–Crippen MR) is 108 cm³/mol. The quantitative estimate of drug-likeness (QED) is 0.569. The summed E-state index contributed by atoms with van der Waals surface area (Å²) in [5.74, 6) is -2.08. The number of aromatic hydroxyl groups is 2. The summed E-state index contributed by atoms with van der Waals surface area (Å²) in [4.78, 5) is 25.1. The smallest absolute Gasteiger partial charge is 0.343 e. The van der Waals surface area contributed by atoms with Crippen LogP contribution in [0.3, 0.4) is 0 Å². The van der Waals surface area contributed by atoms with Crippen molar-refractivity contribution in [2.75, 3.05) is 12.4 Å². The molecule has 0 saturated carbocycles. The number of hydrogen-bond acceptors (Lipinski definition) is 6. The van der Waals surface area contributed by atoms with E-state index in [1.807, 2.05) is 0 Å². The van der Waals surface area contributed by atoms with Gasteiger partial charge in [-0.05, 0) is 42.8 Å². The monoisotopic (exact) mass is 413 g/mol. The van der Waals surface area contributed by atoms with E-state index in [2.05, 4.69) is 5.32 Å². The Balaban J connectivity index is 2.01. The molecule has 1 atom stereocenters. The van der Waals surface area contributed by atoms with Crippen LogP contribution in [0.2, 0.25) is 0 Å². The number of carbonyl (C=O) groups is 1. The van der Waals surface area contributed by atoms with E-state index in [9.17, 15) is 24.2 Å². The van der Waals surface area contributed by atoms with E-state index in [-0.39, 0.29) is 40.7 Å². The van der Waals surface area contributed by atoms with E-state index in [4.69, 9.17) is 9.15 Å². The molecular weight excluding hydrogens is 393 g/mol. The topological polar surface area (TPSA) is 109 Å². The molecule has 30 heavy (non-hydrogen) atoms. The number of anilines is 1. The number of nitrogens with one attached hydrogen (secondary N) is 1. The maximum Gasteiger partial charge on any atom is 0.343 e. The van der Waals surface area contributed by atoms with Gasteiger partial charge in [-0.15, -0.1) is 0 Å². The standard InChI is InChI=1S/C22H20FNO6/c1-12-8-18(26)21(22(28)30-12)16(13-6-7-19(29-2)17(25)9-13)11-20(27)24-15-5-3-4-14(23)10-15/h3-10,16,25-26H,11H2,1-2H3,(H,24,27)/t16-/m0/s1. The number of amides is 1. The third-order valence-electron chi connectivity index (χ3n) is 4.54. The van der Waals surface area contributed by atoms with Gasteiger partial charge in [-0.2, -0.15) is 0 Å². The number of benzene rings is 2. The maximum atomic E-state index is 13.4. The van der Waals surface area contributed by atoms with E-state index >= 15 is 0 Å². The van der Waals surface area contributed by atoms with Crippen molar-refractivity contribution in [1.29, 1.82) is 0 Å². The third kappa shape index (κ3) is 4.60. The Bertz CT molecular complexity index is 1140. The number of aryl methyl sites for hydroxylation is 1. The van der Waals surface area contributed by atoms with Crippen molar-refractivity contribution in [2.24, 2.45) is 0 Å². The number of rotatable bonds is 6. The molecule has 3 aromatic rings. The summed E-state index contributed by atoms with van der Waals surface area (Å²) >= 11 is 0. The van der Waals surface area contributed by atoms with Crippen LogP contribution in [-0.4, -0.2) is 23.2 Å². The van der Waals surface area contributed by atoms with Gasteiger partial charge in [0.05, 0.1) is 12.7 Å². The summed E-state index contributed by atoms with van der Waals surface area (Å²) < 4.78 is 23.5. The van der Waals surface area contributed by atoms with Crippen LogP contribution in [-0.2, 0) is 4.79 Å². The third-order valence-corrected chi connectivity index (χ3v) is 4.54. The van der Waals surface area contributed by atoms with Gasteiger partial charge in [-0.25, -0.2) is 9.18 Å². The molecular formula is C22H20FNO6. The maximum absolute atomic E-state index is 13.4. The van der Waals surface area contributed by atoms with Gasteiger partial charge in [0.25, 0.3) is 0 Å². The largest absolute Gasteiger partial charge is 0.507 e. The summed E-state index contributed by atoms with van der Waals surface area (Å²) in [5.41, 5.74) is -0.295. The van der Waals surface area contributed by atoms with Crippen LogP contribution < -0.4 is 15.7 Å². The number of phenolic OH excluding ortho intramolecular Hbond substituents is 1. The second kappa shape index (κ2) is 8.69. The van der Waals surface area contributed by atoms with Gasteiger partial charge in [0.2, 0.25) is 5.91 Å². The van der Waals surface area contributed by atoms with Crippen molar-refractivity contribution in [1.82, 2.24) is 0 Å². The lowest BCUT2D eigenvalue weighted by molar-refractivity contribution is -0.116. The van der Waals surface area contributed by atoms with Crippen LogP contribution in [0, 0.1) is 12.7 Å². The van der Waals surface area contributed by atoms with Crippen LogP contribution in [0.25, 0.3) is 0 Å². The Hall–Kier alpha value is -3.81. The zero-order chi connectivity index (χ0) is 21.8. The fourth-order valence-electron chi connectivity index (χ4n) is 3.20. The van der Waals surface area contributed by atoms with E-state index in [1.54, 1.807) is 6.07 Å². The molecule has 0 unspecified atom stereocenters. The number of halogens is 1. The second-order valence-electron chi connectivity index (χ2n) is 6.69. The molecule has 3 rings (SSSR count). The van der Waals surface area contributed by atoms with Gasteiger partial charge in [0.15, 0.2) is 11.5 Å². The zero-order valence-electron chi connectivity index (χ0n) is 16.3. The van der Waals surface area contributed by atoms with Gasteiger partial charge in [-0.3, -0.25) is 4.79 Å². The Morgan fingerprint density at radius 2 is 1.93 bits per heavy atom. The Morgan fingerprint density at radius 1 is 1.17 bits per heavy atom. The van der Waals surface area contributed by atoms with Crippen molar-refractivity contribution in [3.8, 4) is 17.2 Å².